The number of thiazole rings is 1. The van der Waals surface area contributed by atoms with Gasteiger partial charge in [0.2, 0.25) is 5.91 Å². The number of para-hydroxylation sites is 2. The van der Waals surface area contributed by atoms with Crippen LogP contribution in [0.2, 0.25) is 0 Å². The van der Waals surface area contributed by atoms with E-state index in [-0.39, 0.29) is 18.0 Å². The maximum absolute atomic E-state index is 12.5. The number of nitrogens with one attached hydrogen (secondary N) is 2. The van der Waals surface area contributed by atoms with Gasteiger partial charge in [0.1, 0.15) is 18.8 Å². The summed E-state index contributed by atoms with van der Waals surface area (Å²) in [4.78, 5) is 34.9. The quantitative estimate of drug-likeness (QED) is 0.679. The molecular formula is C20H24N5O2S+. The van der Waals surface area contributed by atoms with Crippen molar-refractivity contribution in [2.75, 3.05) is 18.4 Å². The number of quaternary nitrogens is 1. The van der Waals surface area contributed by atoms with Crippen LogP contribution >= 0.6 is 11.3 Å². The fourth-order valence-electron chi connectivity index (χ4n) is 3.63. The molecule has 1 fully saturated rings. The molecule has 2 aromatic heterocycles. The number of amides is 1. The Morgan fingerprint density at radius 2 is 2.11 bits per heavy atom. The van der Waals surface area contributed by atoms with Crippen LogP contribution in [0.25, 0.3) is 11.0 Å². The number of carbonyl (C=O) groups is 1. The first-order chi connectivity index (χ1) is 13.6. The number of hydrogen-bond donors (Lipinski definition) is 2. The van der Waals surface area contributed by atoms with E-state index in [2.05, 4.69) is 22.2 Å². The molecule has 8 heteroatoms. The standard InChI is InChI=1S/C20H23N5O2S/c1-14-6-8-24(9-7-14)11-15-13-28-20(22-15)23-18(26)12-25-17-5-3-2-4-16(17)21-10-19(25)27/h2-5,10,13-14H,6-9,11-12H2,1H3,(H,22,23,26)/p+1. The molecule has 28 heavy (non-hydrogen) atoms. The Balaban J connectivity index is 1.40. The lowest BCUT2D eigenvalue weighted by atomic mass is 9.99. The lowest BCUT2D eigenvalue weighted by molar-refractivity contribution is -0.920. The second kappa shape index (κ2) is 8.20. The van der Waals surface area contributed by atoms with Gasteiger partial charge < -0.3 is 10.2 Å². The molecule has 1 saturated heterocycles. The average molecular weight is 399 g/mol. The first kappa shape index (κ1) is 18.8. The molecule has 0 aliphatic carbocycles. The van der Waals surface area contributed by atoms with Gasteiger partial charge in [-0.15, -0.1) is 11.3 Å². The summed E-state index contributed by atoms with van der Waals surface area (Å²) in [6.45, 7) is 5.50. The predicted octanol–water partition coefficient (Wildman–Crippen LogP) is 1.31. The number of anilines is 1. The largest absolute Gasteiger partial charge is 0.330 e. The van der Waals surface area contributed by atoms with E-state index in [0.29, 0.717) is 16.2 Å². The number of carbonyl (C=O) groups excluding carboxylic acids is 1. The number of nitrogens with zero attached hydrogens (tertiary/aromatic N) is 3. The summed E-state index contributed by atoms with van der Waals surface area (Å²) in [6.07, 6.45) is 3.77. The van der Waals surface area contributed by atoms with Gasteiger partial charge in [-0.2, -0.15) is 0 Å². The highest BCUT2D eigenvalue weighted by molar-refractivity contribution is 7.13. The van der Waals surface area contributed by atoms with Crippen molar-refractivity contribution < 1.29 is 9.69 Å². The summed E-state index contributed by atoms with van der Waals surface area (Å²) in [5.41, 5.74) is 2.05. The zero-order valence-corrected chi connectivity index (χ0v) is 16.7. The molecule has 1 aliphatic heterocycles. The van der Waals surface area contributed by atoms with E-state index in [1.807, 2.05) is 23.6 Å². The minimum absolute atomic E-state index is 0.0634. The number of hydrogen-bond acceptors (Lipinski definition) is 5. The highest BCUT2D eigenvalue weighted by Gasteiger charge is 2.20. The van der Waals surface area contributed by atoms with Crippen molar-refractivity contribution >= 4 is 33.4 Å². The molecule has 1 aliphatic rings. The van der Waals surface area contributed by atoms with Crippen LogP contribution in [0, 0.1) is 5.92 Å². The van der Waals surface area contributed by atoms with Crippen molar-refractivity contribution in [2.45, 2.75) is 32.9 Å². The van der Waals surface area contributed by atoms with E-state index in [9.17, 15) is 9.59 Å². The number of benzene rings is 1. The molecule has 3 heterocycles. The second-order valence-corrected chi connectivity index (χ2v) is 8.33. The van der Waals surface area contributed by atoms with Gasteiger partial charge in [-0.25, -0.2) is 9.97 Å². The van der Waals surface area contributed by atoms with Gasteiger partial charge in [-0.05, 0) is 30.9 Å². The minimum Gasteiger partial charge on any atom is -0.330 e. The lowest BCUT2D eigenvalue weighted by Crippen LogP contribution is -3.11. The molecule has 2 N–H and O–H groups in total. The first-order valence-electron chi connectivity index (χ1n) is 9.61. The van der Waals surface area contributed by atoms with Gasteiger partial charge >= 0.3 is 0 Å². The zero-order valence-electron chi connectivity index (χ0n) is 15.9. The van der Waals surface area contributed by atoms with E-state index in [0.717, 1.165) is 18.2 Å². The van der Waals surface area contributed by atoms with Crippen LogP contribution < -0.4 is 15.8 Å². The molecule has 0 spiro atoms. The van der Waals surface area contributed by atoms with Gasteiger partial charge in [0.05, 0.1) is 30.3 Å². The maximum atomic E-state index is 12.5. The second-order valence-electron chi connectivity index (χ2n) is 7.47. The number of likely N-dealkylation sites (tertiary alicyclic amines) is 1. The SMILES string of the molecule is CC1CC[NH+](Cc2csc(NC(=O)Cn3c(=O)cnc4ccccc43)n2)CC1. The number of aromatic nitrogens is 3. The van der Waals surface area contributed by atoms with E-state index in [4.69, 9.17) is 0 Å². The topological polar surface area (TPSA) is 81.3 Å². The summed E-state index contributed by atoms with van der Waals surface area (Å²) >= 11 is 1.43. The van der Waals surface area contributed by atoms with Crippen LogP contribution in [0.5, 0.6) is 0 Å². The Morgan fingerprint density at radius 3 is 2.93 bits per heavy atom. The highest BCUT2D eigenvalue weighted by Crippen LogP contribution is 2.16. The number of rotatable bonds is 5. The van der Waals surface area contributed by atoms with Gasteiger partial charge in [0.25, 0.3) is 5.56 Å². The molecule has 0 unspecified atom stereocenters. The van der Waals surface area contributed by atoms with E-state index < -0.39 is 0 Å². The number of piperidine rings is 1. The zero-order chi connectivity index (χ0) is 19.5. The van der Waals surface area contributed by atoms with Crippen LogP contribution in [-0.2, 0) is 17.9 Å². The van der Waals surface area contributed by atoms with Crippen LogP contribution in [0.3, 0.4) is 0 Å². The van der Waals surface area contributed by atoms with Crippen molar-refractivity contribution in [1.82, 2.24) is 14.5 Å². The van der Waals surface area contributed by atoms with Crippen molar-refractivity contribution in [3.05, 3.63) is 51.9 Å². The summed E-state index contributed by atoms with van der Waals surface area (Å²) < 4.78 is 1.44. The third-order valence-corrected chi connectivity index (χ3v) is 6.07. The van der Waals surface area contributed by atoms with Crippen molar-refractivity contribution in [3.63, 3.8) is 0 Å². The monoisotopic (exact) mass is 398 g/mol. The first-order valence-corrected chi connectivity index (χ1v) is 10.5. The molecule has 1 aromatic carbocycles. The predicted molar refractivity (Wildman–Crippen MR) is 110 cm³/mol. The molecule has 0 radical (unpaired) electrons. The molecule has 3 aromatic rings. The van der Waals surface area contributed by atoms with E-state index in [1.165, 1.54) is 48.0 Å². The van der Waals surface area contributed by atoms with Crippen molar-refractivity contribution in [3.8, 4) is 0 Å². The maximum Gasteiger partial charge on any atom is 0.269 e. The summed E-state index contributed by atoms with van der Waals surface area (Å²) in [5.74, 6) is 0.556. The van der Waals surface area contributed by atoms with Crippen LogP contribution in [0.4, 0.5) is 5.13 Å². The lowest BCUT2D eigenvalue weighted by Gasteiger charge is -2.26. The highest BCUT2D eigenvalue weighted by atomic mass is 32.1. The summed E-state index contributed by atoms with van der Waals surface area (Å²) in [6, 6.07) is 7.29. The Labute approximate surface area is 167 Å². The third kappa shape index (κ3) is 4.28. The summed E-state index contributed by atoms with van der Waals surface area (Å²) in [5, 5.41) is 5.41. The average Bonchev–Trinajstić information content (AvgIpc) is 3.12. The van der Waals surface area contributed by atoms with Gasteiger partial charge in [-0.1, -0.05) is 19.1 Å². The molecule has 146 valence electrons. The molecule has 0 saturated carbocycles. The van der Waals surface area contributed by atoms with E-state index in [1.54, 1.807) is 11.0 Å². The smallest absolute Gasteiger partial charge is 0.269 e. The fraction of sp³-hybridized carbons (Fsp3) is 0.400. The van der Waals surface area contributed by atoms with Crippen molar-refractivity contribution in [1.29, 1.82) is 0 Å². The Hall–Kier alpha value is -2.58. The Bertz CT molecular complexity index is 1040. The molecule has 0 bridgehead atoms. The molecule has 7 nitrogen and oxygen atoms in total. The summed E-state index contributed by atoms with van der Waals surface area (Å²) in [7, 11) is 0. The molecular weight excluding hydrogens is 374 g/mol. The Morgan fingerprint density at radius 1 is 1.32 bits per heavy atom. The van der Waals surface area contributed by atoms with Crippen molar-refractivity contribution in [2.24, 2.45) is 5.92 Å². The fourth-order valence-corrected chi connectivity index (χ4v) is 4.36. The third-order valence-electron chi connectivity index (χ3n) is 5.26. The minimum atomic E-state index is -0.295. The van der Waals surface area contributed by atoms with Gasteiger partial charge in [0.15, 0.2) is 5.13 Å². The van der Waals surface area contributed by atoms with Crippen LogP contribution in [0.1, 0.15) is 25.5 Å². The van der Waals surface area contributed by atoms with E-state index >= 15 is 0 Å². The van der Waals surface area contributed by atoms with Crippen LogP contribution in [-0.4, -0.2) is 33.5 Å². The van der Waals surface area contributed by atoms with Crippen LogP contribution in [0.15, 0.2) is 40.6 Å². The molecule has 1 amide bonds. The molecule has 4 rings (SSSR count). The normalized spacial score (nSPS) is 19.6. The molecule has 0 atom stereocenters. The van der Waals surface area contributed by atoms with Gasteiger partial charge in [-0.3, -0.25) is 14.2 Å². The van der Waals surface area contributed by atoms with Gasteiger partial charge in [0, 0.05) is 5.38 Å². The number of fused-ring (bicyclic) bond motifs is 1. The Kier molecular flexibility index (Phi) is 5.50.